The first-order valence-electron chi connectivity index (χ1n) is 8.58. The van der Waals surface area contributed by atoms with Gasteiger partial charge in [0.2, 0.25) is 10.0 Å². The predicted octanol–water partition coefficient (Wildman–Crippen LogP) is 3.69. The van der Waals surface area contributed by atoms with E-state index in [2.05, 4.69) is 22.4 Å². The van der Waals surface area contributed by atoms with Gasteiger partial charge in [-0.1, -0.05) is 18.2 Å². The molecule has 1 aromatic heterocycles. The van der Waals surface area contributed by atoms with Crippen molar-refractivity contribution in [3.05, 3.63) is 65.0 Å². The number of halogens is 2. The van der Waals surface area contributed by atoms with E-state index in [1.807, 2.05) is 12.1 Å². The quantitative estimate of drug-likeness (QED) is 0.661. The molecule has 1 aliphatic heterocycles. The number of thiophene rings is 1. The van der Waals surface area contributed by atoms with Gasteiger partial charge in [-0.25, -0.2) is 17.2 Å². The third kappa shape index (κ3) is 3.62. The lowest BCUT2D eigenvalue weighted by Crippen LogP contribution is -2.48. The number of rotatable bonds is 4. The van der Waals surface area contributed by atoms with Crippen LogP contribution in [-0.2, 0) is 16.6 Å². The first kappa shape index (κ1) is 18.5. The summed E-state index contributed by atoms with van der Waals surface area (Å²) in [7, 11) is -3.82. The molecule has 1 aliphatic rings. The van der Waals surface area contributed by atoms with Crippen molar-refractivity contribution in [3.8, 4) is 0 Å². The van der Waals surface area contributed by atoms with Crippen molar-refractivity contribution in [1.82, 2.24) is 9.21 Å². The minimum Gasteiger partial charge on any atom is -0.296 e. The van der Waals surface area contributed by atoms with Crippen LogP contribution < -0.4 is 0 Å². The topological polar surface area (TPSA) is 40.6 Å². The van der Waals surface area contributed by atoms with Crippen molar-refractivity contribution in [2.45, 2.75) is 11.4 Å². The van der Waals surface area contributed by atoms with Crippen LogP contribution in [0.25, 0.3) is 10.1 Å². The largest absolute Gasteiger partial charge is 0.296 e. The molecule has 0 saturated carbocycles. The Labute approximate surface area is 160 Å². The van der Waals surface area contributed by atoms with E-state index in [4.69, 9.17) is 0 Å². The maximum absolute atomic E-state index is 13.4. The molecule has 0 atom stereocenters. The number of hydrogen-bond donors (Lipinski definition) is 0. The van der Waals surface area contributed by atoms with Gasteiger partial charge in [0.25, 0.3) is 0 Å². The maximum atomic E-state index is 13.4. The molecule has 8 heteroatoms. The van der Waals surface area contributed by atoms with Gasteiger partial charge in [0.15, 0.2) is 11.6 Å². The van der Waals surface area contributed by atoms with Crippen molar-refractivity contribution in [1.29, 1.82) is 0 Å². The number of fused-ring (bicyclic) bond motifs is 1. The lowest BCUT2D eigenvalue weighted by atomic mass is 10.1. The molecule has 4 nitrogen and oxygen atoms in total. The summed E-state index contributed by atoms with van der Waals surface area (Å²) in [4.78, 5) is 2.00. The van der Waals surface area contributed by atoms with Gasteiger partial charge in [-0.15, -0.1) is 11.3 Å². The molecule has 0 amide bonds. The van der Waals surface area contributed by atoms with Crippen LogP contribution in [-0.4, -0.2) is 43.8 Å². The van der Waals surface area contributed by atoms with Gasteiger partial charge in [-0.2, -0.15) is 4.31 Å². The Bertz CT molecular complexity index is 1070. The van der Waals surface area contributed by atoms with Gasteiger partial charge in [0, 0.05) is 37.4 Å². The van der Waals surface area contributed by atoms with E-state index in [9.17, 15) is 17.2 Å². The molecule has 0 unspecified atom stereocenters. The zero-order chi connectivity index (χ0) is 19.0. The van der Waals surface area contributed by atoms with Crippen LogP contribution in [0.1, 0.15) is 5.56 Å². The van der Waals surface area contributed by atoms with Crippen molar-refractivity contribution in [2.24, 2.45) is 0 Å². The van der Waals surface area contributed by atoms with Crippen LogP contribution in [0, 0.1) is 11.6 Å². The lowest BCUT2D eigenvalue weighted by molar-refractivity contribution is 0.182. The van der Waals surface area contributed by atoms with Gasteiger partial charge in [0.05, 0.1) is 4.90 Å². The van der Waals surface area contributed by atoms with Gasteiger partial charge in [-0.3, -0.25) is 4.90 Å². The predicted molar refractivity (Wildman–Crippen MR) is 102 cm³/mol. The Morgan fingerprint density at radius 2 is 1.70 bits per heavy atom. The fourth-order valence-corrected chi connectivity index (χ4v) is 5.70. The Hall–Kier alpha value is -1.87. The van der Waals surface area contributed by atoms with Crippen LogP contribution >= 0.6 is 11.3 Å². The lowest BCUT2D eigenvalue weighted by Gasteiger charge is -2.33. The van der Waals surface area contributed by atoms with Gasteiger partial charge in [-0.05, 0) is 40.6 Å². The molecule has 142 valence electrons. The molecule has 2 aromatic carbocycles. The first-order chi connectivity index (χ1) is 12.9. The third-order valence-corrected chi connectivity index (χ3v) is 7.72. The molecule has 0 radical (unpaired) electrons. The van der Waals surface area contributed by atoms with E-state index in [0.29, 0.717) is 26.2 Å². The zero-order valence-corrected chi connectivity index (χ0v) is 16.1. The highest BCUT2D eigenvalue weighted by Crippen LogP contribution is 2.27. The highest BCUT2D eigenvalue weighted by Gasteiger charge is 2.29. The molecule has 0 aliphatic carbocycles. The SMILES string of the molecule is O=S(=O)(c1ccc(F)c(F)c1)N1CCN(Cc2csc3ccccc23)CC1. The molecule has 2 heterocycles. The Balaban J connectivity index is 1.44. The van der Waals surface area contributed by atoms with Crippen LogP contribution in [0.3, 0.4) is 0 Å². The molecule has 0 N–H and O–H groups in total. The summed E-state index contributed by atoms with van der Waals surface area (Å²) in [6.07, 6.45) is 0. The first-order valence-corrected chi connectivity index (χ1v) is 10.9. The minimum atomic E-state index is -3.82. The van der Waals surface area contributed by atoms with Crippen molar-refractivity contribution < 1.29 is 17.2 Å². The zero-order valence-electron chi connectivity index (χ0n) is 14.4. The van der Waals surface area contributed by atoms with Crippen molar-refractivity contribution in [2.75, 3.05) is 26.2 Å². The van der Waals surface area contributed by atoms with Crippen molar-refractivity contribution in [3.63, 3.8) is 0 Å². The Morgan fingerprint density at radius 1 is 0.963 bits per heavy atom. The van der Waals surface area contributed by atoms with Crippen LogP contribution in [0.4, 0.5) is 8.78 Å². The van der Waals surface area contributed by atoms with Gasteiger partial charge in [0.1, 0.15) is 0 Å². The summed E-state index contributed by atoms with van der Waals surface area (Å²) in [6.45, 7) is 2.59. The maximum Gasteiger partial charge on any atom is 0.243 e. The molecule has 4 rings (SSSR count). The summed E-state index contributed by atoms with van der Waals surface area (Å²) >= 11 is 1.71. The number of nitrogens with zero attached hydrogens (tertiary/aromatic N) is 2. The summed E-state index contributed by atoms with van der Waals surface area (Å²) in [5, 5.41) is 3.38. The highest BCUT2D eigenvalue weighted by molar-refractivity contribution is 7.89. The van der Waals surface area contributed by atoms with E-state index >= 15 is 0 Å². The van der Waals surface area contributed by atoms with E-state index < -0.39 is 21.7 Å². The van der Waals surface area contributed by atoms with Crippen LogP contribution in [0.5, 0.6) is 0 Å². The summed E-state index contributed by atoms with van der Waals surface area (Å²) in [6, 6.07) is 10.9. The number of piperazine rings is 1. The third-order valence-electron chi connectivity index (χ3n) is 4.82. The molecule has 1 fully saturated rings. The average molecular weight is 408 g/mol. The van der Waals surface area contributed by atoms with E-state index in [0.717, 1.165) is 24.7 Å². The fourth-order valence-electron chi connectivity index (χ4n) is 3.31. The molecule has 3 aromatic rings. The summed E-state index contributed by atoms with van der Waals surface area (Å²) in [5.41, 5.74) is 1.24. The molecule has 0 bridgehead atoms. The highest BCUT2D eigenvalue weighted by atomic mass is 32.2. The van der Waals surface area contributed by atoms with Gasteiger partial charge >= 0.3 is 0 Å². The smallest absolute Gasteiger partial charge is 0.243 e. The minimum absolute atomic E-state index is 0.210. The van der Waals surface area contributed by atoms with E-state index in [1.165, 1.54) is 20.0 Å². The van der Waals surface area contributed by atoms with Gasteiger partial charge < -0.3 is 0 Å². The average Bonchev–Trinajstić information content (AvgIpc) is 3.07. The number of sulfonamides is 1. The van der Waals surface area contributed by atoms with Crippen molar-refractivity contribution >= 4 is 31.4 Å². The molecule has 1 saturated heterocycles. The molecule has 27 heavy (non-hydrogen) atoms. The van der Waals surface area contributed by atoms with E-state index in [1.54, 1.807) is 11.3 Å². The second kappa shape index (κ2) is 7.27. The monoisotopic (exact) mass is 408 g/mol. The number of benzene rings is 2. The second-order valence-corrected chi connectivity index (χ2v) is 9.36. The molecular weight excluding hydrogens is 390 g/mol. The molecular formula is C19H18F2N2O2S2. The second-order valence-electron chi connectivity index (χ2n) is 6.51. The van der Waals surface area contributed by atoms with Crippen LogP contribution in [0.2, 0.25) is 0 Å². The summed E-state index contributed by atoms with van der Waals surface area (Å²) < 4.78 is 54.4. The standard InChI is InChI=1S/C19H18F2N2O2S2/c20-17-6-5-15(11-18(17)21)27(24,25)23-9-7-22(8-10-23)12-14-13-26-19-4-2-1-3-16(14)19/h1-6,11,13H,7-10,12H2. The Kier molecular flexibility index (Phi) is 4.98. The Morgan fingerprint density at radius 3 is 2.44 bits per heavy atom. The van der Waals surface area contributed by atoms with Crippen LogP contribution in [0.15, 0.2) is 52.7 Å². The normalized spacial score (nSPS) is 16.8. The summed E-state index contributed by atoms with van der Waals surface area (Å²) in [5.74, 6) is -2.21. The number of hydrogen-bond acceptors (Lipinski definition) is 4. The van der Waals surface area contributed by atoms with E-state index in [-0.39, 0.29) is 4.90 Å². The fraction of sp³-hybridized carbons (Fsp3) is 0.263. The molecule has 0 spiro atoms.